The van der Waals surface area contributed by atoms with Crippen molar-refractivity contribution in [1.82, 2.24) is 10.3 Å². The Kier molecular flexibility index (Phi) is 6.39. The number of carbonyl (C=O) groups excluding carboxylic acids is 1. The second-order valence-corrected chi connectivity index (χ2v) is 6.58. The molecule has 1 N–H and O–H groups in total. The molecule has 0 aromatic heterocycles. The van der Waals surface area contributed by atoms with E-state index < -0.39 is 0 Å². The lowest BCUT2D eigenvalue weighted by atomic mass is 10.1. The van der Waals surface area contributed by atoms with Gasteiger partial charge in [-0.15, -0.1) is 0 Å². The Bertz CT molecular complexity index is 749. The van der Waals surface area contributed by atoms with E-state index >= 15 is 0 Å². The van der Waals surface area contributed by atoms with Crippen LogP contribution in [0.5, 0.6) is 5.75 Å². The van der Waals surface area contributed by atoms with Crippen LogP contribution in [-0.4, -0.2) is 36.2 Å². The number of nitrogens with zero attached hydrogens (tertiary/aromatic N) is 2. The van der Waals surface area contributed by atoms with Gasteiger partial charge in [0.05, 0.1) is 0 Å². The van der Waals surface area contributed by atoms with Gasteiger partial charge in [-0.2, -0.15) is 5.10 Å². The molecule has 136 valence electrons. The molecule has 5 nitrogen and oxygen atoms in total. The molecule has 3 rings (SSSR count). The summed E-state index contributed by atoms with van der Waals surface area (Å²) in [6.07, 6.45) is 1.76. The van der Waals surface area contributed by atoms with Crippen molar-refractivity contribution in [1.29, 1.82) is 0 Å². The van der Waals surface area contributed by atoms with Gasteiger partial charge in [-0.3, -0.25) is 9.69 Å². The molecule has 0 spiro atoms. The number of carbonyl (C=O) groups is 1. The zero-order chi connectivity index (χ0) is 18.2. The third kappa shape index (κ3) is 5.70. The highest BCUT2D eigenvalue weighted by molar-refractivity contribution is 5.87. The van der Waals surface area contributed by atoms with Crippen LogP contribution in [0.3, 0.4) is 0 Å². The SMILES string of the molecule is Cc1cccc(OCC(=O)NN=C2CCN(Cc3ccccc3)CC2)c1. The number of hydrogen-bond donors (Lipinski definition) is 1. The molecule has 1 amide bonds. The third-order valence-corrected chi connectivity index (χ3v) is 4.38. The molecule has 0 radical (unpaired) electrons. The van der Waals surface area contributed by atoms with Gasteiger partial charge in [0.1, 0.15) is 5.75 Å². The van der Waals surface area contributed by atoms with Crippen molar-refractivity contribution in [2.24, 2.45) is 5.10 Å². The first-order valence-electron chi connectivity index (χ1n) is 8.99. The molecule has 0 aliphatic carbocycles. The van der Waals surface area contributed by atoms with Gasteiger partial charge in [0.25, 0.3) is 5.91 Å². The van der Waals surface area contributed by atoms with Crippen LogP contribution in [-0.2, 0) is 11.3 Å². The number of hydrazone groups is 1. The number of ether oxygens (including phenoxy) is 1. The average Bonchev–Trinajstić information content (AvgIpc) is 2.67. The molecule has 1 heterocycles. The summed E-state index contributed by atoms with van der Waals surface area (Å²) in [5.41, 5.74) is 6.08. The summed E-state index contributed by atoms with van der Waals surface area (Å²) in [7, 11) is 0. The molecule has 0 bridgehead atoms. The Hall–Kier alpha value is -2.66. The number of nitrogens with one attached hydrogen (secondary N) is 1. The largest absolute Gasteiger partial charge is 0.484 e. The Labute approximate surface area is 154 Å². The van der Waals surface area contributed by atoms with Crippen LogP contribution in [0.15, 0.2) is 59.7 Å². The first kappa shape index (κ1) is 18.1. The lowest BCUT2D eigenvalue weighted by Crippen LogP contribution is -2.35. The molecular weight excluding hydrogens is 326 g/mol. The van der Waals surface area contributed by atoms with E-state index in [9.17, 15) is 4.79 Å². The summed E-state index contributed by atoms with van der Waals surface area (Å²) < 4.78 is 5.48. The molecule has 0 saturated carbocycles. The van der Waals surface area contributed by atoms with E-state index in [2.05, 4.69) is 39.7 Å². The van der Waals surface area contributed by atoms with Gasteiger partial charge in [-0.05, 0) is 30.2 Å². The van der Waals surface area contributed by atoms with Crippen LogP contribution in [0.25, 0.3) is 0 Å². The van der Waals surface area contributed by atoms with E-state index in [0.717, 1.165) is 43.8 Å². The van der Waals surface area contributed by atoms with Gasteiger partial charge in [-0.25, -0.2) is 5.43 Å². The van der Waals surface area contributed by atoms with Crippen LogP contribution in [0.1, 0.15) is 24.0 Å². The van der Waals surface area contributed by atoms with E-state index in [-0.39, 0.29) is 12.5 Å². The third-order valence-electron chi connectivity index (χ3n) is 4.38. The number of rotatable bonds is 6. The maximum absolute atomic E-state index is 11.9. The number of amides is 1. The fourth-order valence-corrected chi connectivity index (χ4v) is 2.95. The molecule has 0 atom stereocenters. The molecule has 26 heavy (non-hydrogen) atoms. The van der Waals surface area contributed by atoms with Crippen LogP contribution >= 0.6 is 0 Å². The monoisotopic (exact) mass is 351 g/mol. The minimum atomic E-state index is -0.231. The zero-order valence-electron chi connectivity index (χ0n) is 15.1. The summed E-state index contributed by atoms with van der Waals surface area (Å²) in [6, 6.07) is 18.1. The van der Waals surface area contributed by atoms with E-state index in [1.165, 1.54) is 5.56 Å². The highest BCUT2D eigenvalue weighted by atomic mass is 16.5. The van der Waals surface area contributed by atoms with Crippen LogP contribution in [0, 0.1) is 6.92 Å². The second kappa shape index (κ2) is 9.15. The Morgan fingerprint density at radius 3 is 2.62 bits per heavy atom. The number of likely N-dealkylation sites (tertiary alicyclic amines) is 1. The predicted molar refractivity (Wildman–Crippen MR) is 103 cm³/mol. The van der Waals surface area contributed by atoms with Crippen LogP contribution in [0.2, 0.25) is 0 Å². The molecule has 2 aromatic carbocycles. The van der Waals surface area contributed by atoms with Gasteiger partial charge in [0, 0.05) is 38.2 Å². The molecule has 1 fully saturated rings. The lowest BCUT2D eigenvalue weighted by Gasteiger charge is -2.27. The van der Waals surface area contributed by atoms with Crippen LogP contribution < -0.4 is 10.2 Å². The Balaban J connectivity index is 1.39. The van der Waals surface area contributed by atoms with Gasteiger partial charge >= 0.3 is 0 Å². The molecule has 5 heteroatoms. The molecule has 2 aromatic rings. The van der Waals surface area contributed by atoms with Gasteiger partial charge < -0.3 is 4.74 Å². The first-order chi connectivity index (χ1) is 12.7. The average molecular weight is 351 g/mol. The van der Waals surface area contributed by atoms with E-state index in [0.29, 0.717) is 5.75 Å². The first-order valence-corrected chi connectivity index (χ1v) is 8.99. The van der Waals surface area contributed by atoms with Crippen molar-refractivity contribution >= 4 is 11.6 Å². The normalized spacial score (nSPS) is 14.7. The Morgan fingerprint density at radius 1 is 1.12 bits per heavy atom. The van der Waals surface area contributed by atoms with Crippen molar-refractivity contribution < 1.29 is 9.53 Å². The Morgan fingerprint density at radius 2 is 1.88 bits per heavy atom. The zero-order valence-corrected chi connectivity index (χ0v) is 15.1. The minimum Gasteiger partial charge on any atom is -0.484 e. The summed E-state index contributed by atoms with van der Waals surface area (Å²) in [4.78, 5) is 14.3. The highest BCUT2D eigenvalue weighted by Crippen LogP contribution is 2.13. The number of aryl methyl sites for hydroxylation is 1. The molecule has 1 aliphatic rings. The summed E-state index contributed by atoms with van der Waals surface area (Å²) in [5, 5.41) is 4.26. The highest BCUT2D eigenvalue weighted by Gasteiger charge is 2.15. The van der Waals surface area contributed by atoms with Gasteiger partial charge in [0.15, 0.2) is 6.61 Å². The van der Waals surface area contributed by atoms with Crippen molar-refractivity contribution in [3.8, 4) is 5.75 Å². The summed E-state index contributed by atoms with van der Waals surface area (Å²) in [5.74, 6) is 0.466. The smallest absolute Gasteiger partial charge is 0.277 e. The quantitative estimate of drug-likeness (QED) is 0.814. The molecule has 1 saturated heterocycles. The van der Waals surface area contributed by atoms with Crippen LogP contribution in [0.4, 0.5) is 0 Å². The molecule has 0 unspecified atom stereocenters. The summed E-state index contributed by atoms with van der Waals surface area (Å²) in [6.45, 7) is 4.85. The maximum atomic E-state index is 11.9. The number of piperidine rings is 1. The number of benzene rings is 2. The predicted octanol–water partition coefficient (Wildman–Crippen LogP) is 3.14. The standard InChI is InChI=1S/C21H25N3O2/c1-17-6-5-9-20(14-17)26-16-21(25)23-22-19-10-12-24(13-11-19)15-18-7-3-2-4-8-18/h2-9,14H,10-13,15-16H2,1H3,(H,23,25). The van der Waals surface area contributed by atoms with Crippen molar-refractivity contribution in [2.45, 2.75) is 26.3 Å². The van der Waals surface area contributed by atoms with Crippen molar-refractivity contribution in [3.63, 3.8) is 0 Å². The maximum Gasteiger partial charge on any atom is 0.277 e. The molecular formula is C21H25N3O2. The van der Waals surface area contributed by atoms with E-state index in [4.69, 9.17) is 4.74 Å². The minimum absolute atomic E-state index is 0.0274. The lowest BCUT2D eigenvalue weighted by molar-refractivity contribution is -0.123. The summed E-state index contributed by atoms with van der Waals surface area (Å²) >= 11 is 0. The van der Waals surface area contributed by atoms with E-state index in [1.54, 1.807) is 0 Å². The second-order valence-electron chi connectivity index (χ2n) is 6.58. The van der Waals surface area contributed by atoms with Crippen molar-refractivity contribution in [3.05, 3.63) is 65.7 Å². The van der Waals surface area contributed by atoms with E-state index in [1.807, 2.05) is 37.3 Å². The number of hydrogen-bond acceptors (Lipinski definition) is 4. The van der Waals surface area contributed by atoms with Gasteiger partial charge in [-0.1, -0.05) is 42.5 Å². The topological polar surface area (TPSA) is 53.9 Å². The fraction of sp³-hybridized carbons (Fsp3) is 0.333. The van der Waals surface area contributed by atoms with Crippen molar-refractivity contribution in [2.75, 3.05) is 19.7 Å². The van der Waals surface area contributed by atoms with Gasteiger partial charge in [0.2, 0.25) is 0 Å². The molecule has 1 aliphatic heterocycles. The fourth-order valence-electron chi connectivity index (χ4n) is 2.95.